The number of hydrogen-bond donors (Lipinski definition) is 1. The first kappa shape index (κ1) is 21.2. The molecule has 1 fully saturated rings. The minimum atomic E-state index is -0.774. The third kappa shape index (κ3) is 4.81. The number of carbonyl (C=O) groups is 2. The quantitative estimate of drug-likeness (QED) is 0.644. The Hall–Kier alpha value is -2.06. The van der Waals surface area contributed by atoms with Crippen LogP contribution in [0.2, 0.25) is 0 Å². The van der Waals surface area contributed by atoms with Gasteiger partial charge in [0, 0.05) is 5.69 Å². The molecule has 1 aliphatic heterocycles. The number of benzene rings is 1. The SMILES string of the molecule is COC(=O)c1ccc(NC(=O)OC(C)(C)C)cc1B1OC(C)(C)C(C)(C)O1. The van der Waals surface area contributed by atoms with Crippen LogP contribution in [0, 0.1) is 0 Å². The molecular formula is C19H28BNO6. The van der Waals surface area contributed by atoms with Crippen molar-refractivity contribution in [3.05, 3.63) is 23.8 Å². The first-order valence-corrected chi connectivity index (χ1v) is 8.84. The minimum absolute atomic E-state index is 0.311. The van der Waals surface area contributed by atoms with Crippen molar-refractivity contribution in [3.63, 3.8) is 0 Å². The van der Waals surface area contributed by atoms with Gasteiger partial charge in [0.25, 0.3) is 0 Å². The van der Waals surface area contributed by atoms with Gasteiger partial charge in [-0.05, 0) is 72.1 Å². The molecule has 0 saturated carbocycles. The minimum Gasteiger partial charge on any atom is -0.465 e. The van der Waals surface area contributed by atoms with Gasteiger partial charge in [0.1, 0.15) is 5.60 Å². The van der Waals surface area contributed by atoms with Gasteiger partial charge in [0.2, 0.25) is 0 Å². The van der Waals surface area contributed by atoms with Crippen molar-refractivity contribution in [2.75, 3.05) is 12.4 Å². The van der Waals surface area contributed by atoms with Gasteiger partial charge in [-0.2, -0.15) is 0 Å². The van der Waals surface area contributed by atoms with Gasteiger partial charge in [-0.1, -0.05) is 0 Å². The molecule has 0 aliphatic carbocycles. The lowest BCUT2D eigenvalue weighted by Gasteiger charge is -2.32. The van der Waals surface area contributed by atoms with E-state index in [1.165, 1.54) is 7.11 Å². The van der Waals surface area contributed by atoms with E-state index in [9.17, 15) is 9.59 Å². The van der Waals surface area contributed by atoms with Crippen molar-refractivity contribution in [2.45, 2.75) is 65.3 Å². The highest BCUT2D eigenvalue weighted by Gasteiger charge is 2.52. The van der Waals surface area contributed by atoms with Gasteiger partial charge in [0.15, 0.2) is 0 Å². The zero-order chi connectivity index (χ0) is 20.6. The normalized spacial score (nSPS) is 18.1. The summed E-state index contributed by atoms with van der Waals surface area (Å²) in [4.78, 5) is 24.2. The van der Waals surface area contributed by atoms with E-state index in [0.29, 0.717) is 16.7 Å². The monoisotopic (exact) mass is 377 g/mol. The molecule has 2 rings (SSSR count). The number of amides is 1. The number of carbonyl (C=O) groups excluding carboxylic acids is 2. The average molecular weight is 377 g/mol. The molecule has 7 nitrogen and oxygen atoms in total. The van der Waals surface area contributed by atoms with Crippen LogP contribution >= 0.6 is 0 Å². The maximum absolute atomic E-state index is 12.2. The lowest BCUT2D eigenvalue weighted by Crippen LogP contribution is -2.41. The largest absolute Gasteiger partial charge is 0.495 e. The molecule has 1 N–H and O–H groups in total. The average Bonchev–Trinajstić information content (AvgIpc) is 2.72. The predicted octanol–water partition coefficient (Wildman–Crippen LogP) is 3.12. The molecule has 1 aliphatic rings. The standard InChI is InChI=1S/C19H28BNO6/c1-17(2,3)25-16(23)21-12-9-10-13(15(22)24-8)14(11-12)20-26-18(4,5)19(6,7)27-20/h9-11H,1-8H3,(H,21,23). The number of ether oxygens (including phenoxy) is 2. The highest BCUT2D eigenvalue weighted by molar-refractivity contribution is 6.63. The fourth-order valence-corrected chi connectivity index (χ4v) is 2.52. The van der Waals surface area contributed by atoms with Crippen molar-refractivity contribution in [2.24, 2.45) is 0 Å². The summed E-state index contributed by atoms with van der Waals surface area (Å²) in [6, 6.07) is 4.81. The Morgan fingerprint density at radius 3 is 2.11 bits per heavy atom. The Kier molecular flexibility index (Phi) is 5.64. The molecule has 1 aromatic carbocycles. The lowest BCUT2D eigenvalue weighted by atomic mass is 9.75. The van der Waals surface area contributed by atoms with Crippen molar-refractivity contribution in [1.29, 1.82) is 0 Å². The fourth-order valence-electron chi connectivity index (χ4n) is 2.52. The van der Waals surface area contributed by atoms with Gasteiger partial charge < -0.3 is 18.8 Å². The lowest BCUT2D eigenvalue weighted by molar-refractivity contribution is 0.00578. The topological polar surface area (TPSA) is 83.1 Å². The van der Waals surface area contributed by atoms with Crippen LogP contribution < -0.4 is 10.8 Å². The Labute approximate surface area is 160 Å². The number of anilines is 1. The van der Waals surface area contributed by atoms with Gasteiger partial charge in [0.05, 0.1) is 23.9 Å². The molecule has 1 saturated heterocycles. The molecule has 0 atom stereocenters. The number of nitrogens with one attached hydrogen (secondary N) is 1. The van der Waals surface area contributed by atoms with Crippen LogP contribution in [-0.2, 0) is 18.8 Å². The highest BCUT2D eigenvalue weighted by Crippen LogP contribution is 2.37. The number of rotatable bonds is 3. The molecule has 0 unspecified atom stereocenters. The summed E-state index contributed by atoms with van der Waals surface area (Å²) >= 11 is 0. The van der Waals surface area contributed by atoms with E-state index in [4.69, 9.17) is 18.8 Å². The summed E-state index contributed by atoms with van der Waals surface area (Å²) in [6.45, 7) is 13.0. The van der Waals surface area contributed by atoms with Crippen LogP contribution in [0.1, 0.15) is 58.8 Å². The van der Waals surface area contributed by atoms with Crippen molar-refractivity contribution in [3.8, 4) is 0 Å². The Morgan fingerprint density at radius 2 is 1.63 bits per heavy atom. The van der Waals surface area contributed by atoms with Gasteiger partial charge in [-0.3, -0.25) is 5.32 Å². The Morgan fingerprint density at radius 1 is 1.07 bits per heavy atom. The molecule has 1 amide bonds. The first-order valence-electron chi connectivity index (χ1n) is 8.84. The molecule has 1 heterocycles. The van der Waals surface area contributed by atoms with Crippen molar-refractivity contribution in [1.82, 2.24) is 0 Å². The van der Waals surface area contributed by atoms with Crippen molar-refractivity contribution < 1.29 is 28.4 Å². The summed E-state index contributed by atoms with van der Waals surface area (Å²) in [5.74, 6) is -0.511. The second-order valence-corrected chi connectivity index (χ2v) is 8.51. The second kappa shape index (κ2) is 7.17. The number of esters is 1. The summed E-state index contributed by atoms with van der Waals surface area (Å²) in [5, 5.41) is 2.66. The fraction of sp³-hybridized carbons (Fsp3) is 0.579. The van der Waals surface area contributed by atoms with Crippen LogP contribution in [0.25, 0.3) is 0 Å². The van der Waals surface area contributed by atoms with Crippen LogP contribution in [0.5, 0.6) is 0 Å². The third-order valence-corrected chi connectivity index (χ3v) is 4.61. The van der Waals surface area contributed by atoms with E-state index >= 15 is 0 Å². The molecule has 1 aromatic rings. The molecule has 8 heteroatoms. The van der Waals surface area contributed by atoms with E-state index in [2.05, 4.69) is 5.32 Å². The van der Waals surface area contributed by atoms with Crippen LogP contribution in [0.15, 0.2) is 18.2 Å². The van der Waals surface area contributed by atoms with E-state index in [1.807, 2.05) is 27.7 Å². The molecule has 0 bridgehead atoms. The zero-order valence-electron chi connectivity index (χ0n) is 17.3. The van der Waals surface area contributed by atoms with E-state index in [0.717, 1.165) is 0 Å². The van der Waals surface area contributed by atoms with E-state index in [-0.39, 0.29) is 0 Å². The van der Waals surface area contributed by atoms with Gasteiger partial charge >= 0.3 is 19.2 Å². The number of hydrogen-bond acceptors (Lipinski definition) is 6. The van der Waals surface area contributed by atoms with Crippen LogP contribution in [0.4, 0.5) is 10.5 Å². The summed E-state index contributed by atoms with van der Waals surface area (Å²) in [5.41, 5.74) is -0.509. The third-order valence-electron chi connectivity index (χ3n) is 4.61. The van der Waals surface area contributed by atoms with Crippen molar-refractivity contribution >= 4 is 30.3 Å². The molecule has 148 valence electrons. The van der Waals surface area contributed by atoms with E-state index < -0.39 is 36.0 Å². The van der Waals surface area contributed by atoms with Crippen LogP contribution in [-0.4, -0.2) is 43.1 Å². The first-order chi connectivity index (χ1) is 12.3. The molecule has 0 spiro atoms. The van der Waals surface area contributed by atoms with Crippen LogP contribution in [0.3, 0.4) is 0 Å². The molecular weight excluding hydrogens is 349 g/mol. The Balaban J connectivity index is 2.36. The maximum atomic E-state index is 12.2. The molecule has 27 heavy (non-hydrogen) atoms. The zero-order valence-corrected chi connectivity index (χ0v) is 17.3. The molecule has 0 radical (unpaired) electrons. The number of methoxy groups -OCH3 is 1. The summed E-state index contributed by atoms with van der Waals surface area (Å²) in [7, 11) is 0.535. The highest BCUT2D eigenvalue weighted by atomic mass is 16.7. The predicted molar refractivity (Wildman–Crippen MR) is 103 cm³/mol. The molecule has 0 aromatic heterocycles. The smallest absolute Gasteiger partial charge is 0.465 e. The van der Waals surface area contributed by atoms with Gasteiger partial charge in [-0.15, -0.1) is 0 Å². The summed E-state index contributed by atoms with van der Waals surface area (Å²) in [6.07, 6.45) is -0.590. The van der Waals surface area contributed by atoms with E-state index in [1.54, 1.807) is 39.0 Å². The second-order valence-electron chi connectivity index (χ2n) is 8.51. The maximum Gasteiger partial charge on any atom is 0.495 e. The Bertz CT molecular complexity index is 722. The summed E-state index contributed by atoms with van der Waals surface area (Å²) < 4.78 is 22.2. The van der Waals surface area contributed by atoms with Gasteiger partial charge in [-0.25, -0.2) is 9.59 Å².